The molecule has 0 amide bonds. The van der Waals surface area contributed by atoms with E-state index in [1.807, 2.05) is 13.1 Å². The Morgan fingerprint density at radius 3 is 2.08 bits per heavy atom. The number of hydrogen-bond donors (Lipinski definition) is 1. The molecule has 0 spiro atoms. The number of alkyl halides is 1. The Labute approximate surface area is 97.6 Å². The van der Waals surface area contributed by atoms with Gasteiger partial charge in [0.15, 0.2) is 8.32 Å². The third-order valence-electron chi connectivity index (χ3n) is 3.09. The van der Waals surface area contributed by atoms with Crippen molar-refractivity contribution in [2.75, 3.05) is 4.43 Å². The van der Waals surface area contributed by atoms with E-state index in [2.05, 4.69) is 36.4 Å². The summed E-state index contributed by atoms with van der Waals surface area (Å²) in [5.74, 6) is 0. The Kier molecular flexibility index (Phi) is 6.10. The van der Waals surface area contributed by atoms with Crippen molar-refractivity contribution in [2.24, 2.45) is 0 Å². The molecule has 0 aromatic rings. The minimum atomic E-state index is -1.95. The molecule has 0 rings (SSSR count). The highest BCUT2D eigenvalue weighted by molar-refractivity contribution is 14.1. The molecule has 0 aliphatic rings. The molecule has 0 heterocycles. The first-order chi connectivity index (χ1) is 5.81. The van der Waals surface area contributed by atoms with Gasteiger partial charge in [-0.3, -0.25) is 0 Å². The monoisotopic (exact) mass is 314 g/mol. The highest BCUT2D eigenvalue weighted by Gasteiger charge is 2.36. The molecule has 1 nitrogen and oxygen atoms in total. The van der Waals surface area contributed by atoms with Crippen LogP contribution in [0, 0.1) is 0 Å². The van der Waals surface area contributed by atoms with Crippen LogP contribution in [0.3, 0.4) is 0 Å². The Morgan fingerprint density at radius 2 is 1.69 bits per heavy atom. The van der Waals surface area contributed by atoms with E-state index >= 15 is 0 Å². The van der Waals surface area contributed by atoms with E-state index in [0.29, 0.717) is 0 Å². The molecule has 0 bridgehead atoms. The van der Waals surface area contributed by atoms with E-state index in [1.165, 1.54) is 30.1 Å². The second-order valence-corrected chi connectivity index (χ2v) is 10.5. The normalized spacial score (nSPS) is 13.4. The second kappa shape index (κ2) is 5.71. The standard InChI is InChI=1S/C10H23IOSi/c1-10(2,13(3,4)12)8-6-5-7-9-11/h12H,5-9H2,1-4H3. The van der Waals surface area contributed by atoms with Crippen LogP contribution < -0.4 is 0 Å². The molecular weight excluding hydrogens is 291 g/mol. The fraction of sp³-hybridized carbons (Fsp3) is 1.00. The van der Waals surface area contributed by atoms with Gasteiger partial charge in [0.25, 0.3) is 0 Å². The molecule has 0 fully saturated rings. The van der Waals surface area contributed by atoms with Gasteiger partial charge in [0.2, 0.25) is 0 Å². The molecule has 13 heavy (non-hydrogen) atoms. The molecule has 0 aliphatic carbocycles. The molecule has 80 valence electrons. The summed E-state index contributed by atoms with van der Waals surface area (Å²) in [5.41, 5.74) is 0. The van der Waals surface area contributed by atoms with Gasteiger partial charge in [-0.25, -0.2) is 0 Å². The minimum absolute atomic E-state index is 0.179. The van der Waals surface area contributed by atoms with Crippen molar-refractivity contribution in [1.29, 1.82) is 0 Å². The zero-order chi connectivity index (χ0) is 10.5. The van der Waals surface area contributed by atoms with Crippen LogP contribution >= 0.6 is 22.6 Å². The van der Waals surface area contributed by atoms with Crippen LogP contribution in [0.2, 0.25) is 18.1 Å². The van der Waals surface area contributed by atoms with Crippen molar-refractivity contribution < 1.29 is 4.80 Å². The first kappa shape index (κ1) is 13.9. The number of hydrogen-bond acceptors (Lipinski definition) is 1. The summed E-state index contributed by atoms with van der Waals surface area (Å²) in [4.78, 5) is 10.0. The molecule has 0 aliphatic heterocycles. The van der Waals surface area contributed by atoms with Crippen LogP contribution in [0.1, 0.15) is 39.5 Å². The quantitative estimate of drug-likeness (QED) is 0.340. The van der Waals surface area contributed by atoms with Crippen LogP contribution in [0.25, 0.3) is 0 Å². The highest BCUT2D eigenvalue weighted by Crippen LogP contribution is 2.40. The fourth-order valence-corrected chi connectivity index (χ4v) is 2.47. The van der Waals surface area contributed by atoms with Gasteiger partial charge in [-0.2, -0.15) is 0 Å². The summed E-state index contributed by atoms with van der Waals surface area (Å²) in [6.45, 7) is 8.52. The molecule has 3 heteroatoms. The molecule has 0 saturated carbocycles. The van der Waals surface area contributed by atoms with Crippen molar-refractivity contribution in [3.63, 3.8) is 0 Å². The summed E-state index contributed by atoms with van der Waals surface area (Å²) >= 11 is 2.42. The maximum atomic E-state index is 10.0. The summed E-state index contributed by atoms with van der Waals surface area (Å²) in [7, 11) is -1.95. The predicted molar refractivity (Wildman–Crippen MR) is 71.1 cm³/mol. The SMILES string of the molecule is CC(C)(CCCCCI)[Si](C)(C)O. The zero-order valence-corrected chi connectivity index (χ0v) is 12.5. The molecular formula is C10H23IOSi. The average molecular weight is 314 g/mol. The van der Waals surface area contributed by atoms with E-state index in [4.69, 9.17) is 0 Å². The lowest BCUT2D eigenvalue weighted by Gasteiger charge is -2.35. The van der Waals surface area contributed by atoms with Crippen molar-refractivity contribution in [3.05, 3.63) is 0 Å². The smallest absolute Gasteiger partial charge is 0.188 e. The maximum Gasteiger partial charge on any atom is 0.188 e. The van der Waals surface area contributed by atoms with E-state index in [1.54, 1.807) is 0 Å². The van der Waals surface area contributed by atoms with Crippen molar-refractivity contribution in [3.8, 4) is 0 Å². The first-order valence-corrected chi connectivity index (χ1v) is 9.57. The lowest BCUT2D eigenvalue weighted by Crippen LogP contribution is -2.38. The first-order valence-electron chi connectivity index (χ1n) is 5.09. The topological polar surface area (TPSA) is 20.2 Å². The van der Waals surface area contributed by atoms with Gasteiger partial charge in [0.05, 0.1) is 0 Å². The molecule has 0 saturated heterocycles. The Morgan fingerprint density at radius 1 is 1.15 bits per heavy atom. The third-order valence-corrected chi connectivity index (χ3v) is 7.42. The van der Waals surface area contributed by atoms with Crippen LogP contribution in [0.15, 0.2) is 0 Å². The van der Waals surface area contributed by atoms with Gasteiger partial charge in [-0.15, -0.1) is 0 Å². The van der Waals surface area contributed by atoms with E-state index < -0.39 is 8.32 Å². The largest absolute Gasteiger partial charge is 0.432 e. The minimum Gasteiger partial charge on any atom is -0.432 e. The van der Waals surface area contributed by atoms with Gasteiger partial charge < -0.3 is 4.80 Å². The Bertz CT molecular complexity index is 140. The van der Waals surface area contributed by atoms with Crippen molar-refractivity contribution >= 4 is 30.9 Å². The lowest BCUT2D eigenvalue weighted by molar-refractivity contribution is 0.438. The maximum absolute atomic E-state index is 10.0. The summed E-state index contributed by atoms with van der Waals surface area (Å²) in [6.07, 6.45) is 5.09. The molecule has 0 unspecified atom stereocenters. The third kappa shape index (κ3) is 5.37. The van der Waals surface area contributed by atoms with Gasteiger partial charge in [-0.05, 0) is 35.4 Å². The Hall–Kier alpha value is 0.907. The van der Waals surface area contributed by atoms with Gasteiger partial charge in [0, 0.05) is 0 Å². The summed E-state index contributed by atoms with van der Waals surface area (Å²) < 4.78 is 1.26. The number of rotatable bonds is 6. The average Bonchev–Trinajstić information content (AvgIpc) is 1.96. The van der Waals surface area contributed by atoms with Crippen LogP contribution in [0.4, 0.5) is 0 Å². The number of unbranched alkanes of at least 4 members (excludes halogenated alkanes) is 2. The molecule has 0 radical (unpaired) electrons. The molecule has 0 aromatic carbocycles. The van der Waals surface area contributed by atoms with E-state index in [9.17, 15) is 4.80 Å². The predicted octanol–water partition coefficient (Wildman–Crippen LogP) is 3.96. The van der Waals surface area contributed by atoms with Crippen molar-refractivity contribution in [1.82, 2.24) is 0 Å². The summed E-state index contributed by atoms with van der Waals surface area (Å²) in [5, 5.41) is 0.179. The molecule has 0 aromatic heterocycles. The van der Waals surface area contributed by atoms with Crippen molar-refractivity contribution in [2.45, 2.75) is 57.7 Å². The highest BCUT2D eigenvalue weighted by atomic mass is 127. The molecule has 1 N–H and O–H groups in total. The van der Waals surface area contributed by atoms with Gasteiger partial charge in [-0.1, -0.05) is 49.3 Å². The summed E-state index contributed by atoms with van der Waals surface area (Å²) in [6, 6.07) is 0. The van der Waals surface area contributed by atoms with Crippen LogP contribution in [0.5, 0.6) is 0 Å². The second-order valence-electron chi connectivity index (χ2n) is 4.94. The zero-order valence-electron chi connectivity index (χ0n) is 9.36. The number of halogens is 1. The van der Waals surface area contributed by atoms with E-state index in [0.717, 1.165) is 0 Å². The van der Waals surface area contributed by atoms with Crippen LogP contribution in [-0.4, -0.2) is 17.5 Å². The molecule has 0 atom stereocenters. The Balaban J connectivity index is 3.77. The van der Waals surface area contributed by atoms with Crippen LogP contribution in [-0.2, 0) is 0 Å². The van der Waals surface area contributed by atoms with Gasteiger partial charge >= 0.3 is 0 Å². The van der Waals surface area contributed by atoms with E-state index in [-0.39, 0.29) is 5.04 Å². The van der Waals surface area contributed by atoms with Gasteiger partial charge in [0.1, 0.15) is 0 Å². The lowest BCUT2D eigenvalue weighted by atomic mass is 10.0. The fourth-order valence-electron chi connectivity index (χ4n) is 1.14.